The number of aromatic amines is 1. The van der Waals surface area contributed by atoms with E-state index in [-0.39, 0.29) is 24.1 Å². The molecule has 0 bridgehead atoms. The second-order valence-electron chi connectivity index (χ2n) is 3.81. The molecule has 2 aromatic rings. The fraction of sp³-hybridized carbons (Fsp3) is 0.0833. The predicted molar refractivity (Wildman–Crippen MR) is 62.9 cm³/mol. The Labute approximate surface area is 96.5 Å². The third-order valence-electron chi connectivity index (χ3n) is 2.64. The minimum atomic E-state index is -0.335. The Hall–Kier alpha value is -2.43. The molecule has 0 atom stereocenters. The van der Waals surface area contributed by atoms with Gasteiger partial charge in [-0.05, 0) is 12.1 Å². The number of carbonyl (C=O) groups excluding carboxylic acids is 2. The zero-order valence-corrected chi connectivity index (χ0v) is 8.86. The first kappa shape index (κ1) is 9.77. The maximum absolute atomic E-state index is 11.6. The highest BCUT2D eigenvalue weighted by molar-refractivity contribution is 6.47. The molecule has 1 aliphatic heterocycles. The van der Waals surface area contributed by atoms with Crippen molar-refractivity contribution in [3.63, 3.8) is 0 Å². The molecule has 0 aliphatic carbocycles. The summed E-state index contributed by atoms with van der Waals surface area (Å²) in [6, 6.07) is 9.46. The van der Waals surface area contributed by atoms with Gasteiger partial charge >= 0.3 is 0 Å². The van der Waals surface area contributed by atoms with Crippen LogP contribution in [0.2, 0.25) is 0 Å². The fourth-order valence-corrected chi connectivity index (χ4v) is 1.84. The summed E-state index contributed by atoms with van der Waals surface area (Å²) in [4.78, 5) is 29.6. The maximum Gasteiger partial charge on any atom is 0.272 e. The summed E-state index contributed by atoms with van der Waals surface area (Å²) in [7, 11) is 0. The Kier molecular flexibility index (Phi) is 2.04. The van der Waals surface area contributed by atoms with Crippen molar-refractivity contribution in [2.45, 2.75) is 0 Å². The lowest BCUT2D eigenvalue weighted by Gasteiger charge is -2.09. The van der Waals surface area contributed by atoms with Gasteiger partial charge in [0.15, 0.2) is 5.71 Å². The van der Waals surface area contributed by atoms with Crippen molar-refractivity contribution in [3.05, 3.63) is 36.0 Å². The summed E-state index contributed by atoms with van der Waals surface area (Å²) >= 11 is 0. The first-order valence-electron chi connectivity index (χ1n) is 5.22. The van der Waals surface area contributed by atoms with Crippen molar-refractivity contribution < 1.29 is 9.59 Å². The molecule has 0 fully saturated rings. The third-order valence-corrected chi connectivity index (χ3v) is 2.64. The molecule has 0 saturated heterocycles. The van der Waals surface area contributed by atoms with E-state index < -0.39 is 0 Å². The largest absolute Gasteiger partial charge is 0.353 e. The Balaban J connectivity index is 2.14. The Morgan fingerprint density at radius 2 is 2.00 bits per heavy atom. The van der Waals surface area contributed by atoms with Crippen molar-refractivity contribution in [1.82, 2.24) is 10.3 Å². The highest BCUT2D eigenvalue weighted by Gasteiger charge is 2.22. The number of nitrogens with one attached hydrogen (secondary N) is 2. The molecule has 2 heterocycles. The quantitative estimate of drug-likeness (QED) is 0.749. The number of para-hydroxylation sites is 1. The smallest absolute Gasteiger partial charge is 0.272 e. The van der Waals surface area contributed by atoms with Gasteiger partial charge in [0, 0.05) is 10.9 Å². The molecule has 1 aliphatic rings. The molecule has 0 spiro atoms. The molecule has 0 unspecified atom stereocenters. The van der Waals surface area contributed by atoms with E-state index in [1.807, 2.05) is 30.3 Å². The number of fused-ring (bicyclic) bond motifs is 1. The van der Waals surface area contributed by atoms with Crippen molar-refractivity contribution in [2.24, 2.45) is 4.99 Å². The van der Waals surface area contributed by atoms with Gasteiger partial charge in [0.2, 0.25) is 0 Å². The molecule has 1 aromatic carbocycles. The van der Waals surface area contributed by atoms with Crippen LogP contribution in [0.1, 0.15) is 5.69 Å². The van der Waals surface area contributed by atoms with Crippen LogP contribution in [0.4, 0.5) is 0 Å². The fourth-order valence-electron chi connectivity index (χ4n) is 1.84. The van der Waals surface area contributed by atoms with E-state index in [2.05, 4.69) is 15.3 Å². The van der Waals surface area contributed by atoms with Crippen molar-refractivity contribution >= 4 is 28.4 Å². The molecule has 84 valence electrons. The molecule has 5 heteroatoms. The molecule has 5 nitrogen and oxygen atoms in total. The lowest BCUT2D eigenvalue weighted by atomic mass is 10.2. The molecule has 0 radical (unpaired) electrons. The summed E-state index contributed by atoms with van der Waals surface area (Å²) in [5.41, 5.74) is 1.63. The lowest BCUT2D eigenvalue weighted by molar-refractivity contribution is -0.122. The van der Waals surface area contributed by atoms with Crippen LogP contribution in [-0.2, 0) is 9.59 Å². The Morgan fingerprint density at radius 1 is 1.18 bits per heavy atom. The number of hydrogen-bond donors (Lipinski definition) is 2. The van der Waals surface area contributed by atoms with E-state index in [1.165, 1.54) is 0 Å². The standard InChI is InChI=1S/C12H9N3O2/c16-10-6-13-12(17)11(15-10)9-5-7-3-1-2-4-8(7)14-9/h1-5,14H,6H2,(H,13,17). The van der Waals surface area contributed by atoms with Crippen LogP contribution in [0.15, 0.2) is 35.3 Å². The highest BCUT2D eigenvalue weighted by atomic mass is 16.2. The minimum Gasteiger partial charge on any atom is -0.353 e. The second kappa shape index (κ2) is 3.55. The average molecular weight is 227 g/mol. The van der Waals surface area contributed by atoms with Gasteiger partial charge in [0.1, 0.15) is 0 Å². The zero-order chi connectivity index (χ0) is 11.8. The molecular formula is C12H9N3O2. The average Bonchev–Trinajstić information content (AvgIpc) is 2.75. The van der Waals surface area contributed by atoms with E-state index >= 15 is 0 Å². The van der Waals surface area contributed by atoms with Crippen LogP contribution in [0.25, 0.3) is 10.9 Å². The Morgan fingerprint density at radius 3 is 2.82 bits per heavy atom. The first-order valence-corrected chi connectivity index (χ1v) is 5.22. The number of hydrogen-bond acceptors (Lipinski definition) is 2. The summed E-state index contributed by atoms with van der Waals surface area (Å²) < 4.78 is 0. The molecular weight excluding hydrogens is 218 g/mol. The summed E-state index contributed by atoms with van der Waals surface area (Å²) in [6.45, 7) is -0.0252. The van der Waals surface area contributed by atoms with Crippen LogP contribution in [0.3, 0.4) is 0 Å². The third kappa shape index (κ3) is 1.61. The number of aromatic nitrogens is 1. The van der Waals surface area contributed by atoms with E-state index in [0.717, 1.165) is 10.9 Å². The molecule has 0 saturated carbocycles. The van der Waals surface area contributed by atoms with Gasteiger partial charge in [-0.25, -0.2) is 4.99 Å². The van der Waals surface area contributed by atoms with Crippen LogP contribution >= 0.6 is 0 Å². The maximum atomic E-state index is 11.6. The first-order chi connectivity index (χ1) is 8.24. The number of aliphatic imine (C=N–C) groups is 1. The zero-order valence-electron chi connectivity index (χ0n) is 8.86. The van der Waals surface area contributed by atoms with E-state index in [4.69, 9.17) is 0 Å². The second-order valence-corrected chi connectivity index (χ2v) is 3.81. The van der Waals surface area contributed by atoms with Crippen LogP contribution in [-0.4, -0.2) is 29.1 Å². The van der Waals surface area contributed by atoms with Crippen molar-refractivity contribution in [3.8, 4) is 0 Å². The number of benzene rings is 1. The SMILES string of the molecule is O=C1CNC(=O)C(c2cc3ccccc3[nH]2)=N1. The van der Waals surface area contributed by atoms with E-state index in [9.17, 15) is 9.59 Å². The monoisotopic (exact) mass is 227 g/mol. The normalized spacial score (nSPS) is 15.9. The van der Waals surface area contributed by atoms with Crippen LogP contribution < -0.4 is 5.32 Å². The molecule has 17 heavy (non-hydrogen) atoms. The van der Waals surface area contributed by atoms with Crippen LogP contribution in [0, 0.1) is 0 Å². The summed E-state index contributed by atoms with van der Waals surface area (Å²) in [5.74, 6) is -0.658. The number of nitrogens with zero attached hydrogens (tertiary/aromatic N) is 1. The Bertz CT molecular complexity index is 622. The number of rotatable bonds is 1. The van der Waals surface area contributed by atoms with Gasteiger partial charge in [-0.2, -0.15) is 0 Å². The number of amides is 2. The van der Waals surface area contributed by atoms with Gasteiger partial charge in [-0.3, -0.25) is 9.59 Å². The molecule has 3 rings (SSSR count). The van der Waals surface area contributed by atoms with E-state index in [1.54, 1.807) is 0 Å². The van der Waals surface area contributed by atoms with Gasteiger partial charge in [-0.15, -0.1) is 0 Å². The summed E-state index contributed by atoms with van der Waals surface area (Å²) in [5, 5.41) is 3.47. The van der Waals surface area contributed by atoms with E-state index in [0.29, 0.717) is 5.69 Å². The van der Waals surface area contributed by atoms with Crippen molar-refractivity contribution in [2.75, 3.05) is 6.54 Å². The van der Waals surface area contributed by atoms with Gasteiger partial charge in [0.05, 0.1) is 12.2 Å². The molecule has 2 amide bonds. The van der Waals surface area contributed by atoms with Crippen LogP contribution in [0.5, 0.6) is 0 Å². The highest BCUT2D eigenvalue weighted by Crippen LogP contribution is 2.15. The molecule has 1 aromatic heterocycles. The number of H-pyrrole nitrogens is 1. The number of carbonyl (C=O) groups is 2. The molecule has 2 N–H and O–H groups in total. The topological polar surface area (TPSA) is 74.3 Å². The van der Waals surface area contributed by atoms with Gasteiger partial charge in [-0.1, -0.05) is 18.2 Å². The van der Waals surface area contributed by atoms with Gasteiger partial charge in [0.25, 0.3) is 11.8 Å². The summed E-state index contributed by atoms with van der Waals surface area (Å²) in [6.07, 6.45) is 0. The van der Waals surface area contributed by atoms with Gasteiger partial charge < -0.3 is 10.3 Å². The predicted octanol–water partition coefficient (Wildman–Crippen LogP) is 0.613. The van der Waals surface area contributed by atoms with Crippen molar-refractivity contribution in [1.29, 1.82) is 0 Å². The minimum absolute atomic E-state index is 0.0252. The lowest BCUT2D eigenvalue weighted by Crippen LogP contribution is -2.40.